The van der Waals surface area contributed by atoms with Crippen molar-refractivity contribution in [2.45, 2.75) is 13.3 Å². The maximum atomic E-state index is 12.0. The highest BCUT2D eigenvalue weighted by Gasteiger charge is 2.31. The lowest BCUT2D eigenvalue weighted by atomic mass is 10.2. The van der Waals surface area contributed by atoms with Crippen molar-refractivity contribution in [1.29, 1.82) is 0 Å². The number of hydrogen-bond donors (Lipinski definition) is 1. The van der Waals surface area contributed by atoms with Crippen LogP contribution in [0.5, 0.6) is 5.75 Å². The van der Waals surface area contributed by atoms with Gasteiger partial charge in [-0.25, -0.2) is 0 Å². The molecule has 18 heavy (non-hydrogen) atoms. The first-order valence-corrected chi connectivity index (χ1v) is 5.49. The molecule has 1 unspecified atom stereocenters. The smallest absolute Gasteiger partial charge is 0.406 e. The molecule has 3 nitrogen and oxygen atoms in total. The number of methoxy groups -OCH3 is 1. The summed E-state index contributed by atoms with van der Waals surface area (Å²) in [7, 11) is 1.61. The number of hydrogen-bond acceptors (Lipinski definition) is 3. The van der Waals surface area contributed by atoms with Crippen molar-refractivity contribution >= 4 is 5.69 Å². The van der Waals surface area contributed by atoms with E-state index in [9.17, 15) is 13.2 Å². The molecule has 1 atom stereocenters. The Morgan fingerprint density at radius 3 is 2.67 bits per heavy atom. The van der Waals surface area contributed by atoms with Crippen LogP contribution in [0, 0.1) is 5.92 Å². The van der Waals surface area contributed by atoms with Gasteiger partial charge in [0.25, 0.3) is 0 Å². The molecule has 0 aromatic heterocycles. The van der Waals surface area contributed by atoms with Crippen LogP contribution in [-0.2, 0) is 4.74 Å². The van der Waals surface area contributed by atoms with Gasteiger partial charge in [0.2, 0.25) is 0 Å². The lowest BCUT2D eigenvalue weighted by molar-refractivity contribution is -0.274. The lowest BCUT2D eigenvalue weighted by Gasteiger charge is -2.14. The van der Waals surface area contributed by atoms with Crippen LogP contribution < -0.4 is 10.1 Å². The molecule has 0 saturated carbocycles. The third-order valence-corrected chi connectivity index (χ3v) is 2.17. The van der Waals surface area contributed by atoms with Gasteiger partial charge in [0, 0.05) is 25.4 Å². The summed E-state index contributed by atoms with van der Waals surface area (Å²) >= 11 is 0. The van der Waals surface area contributed by atoms with Gasteiger partial charge in [-0.3, -0.25) is 0 Å². The number of rotatable bonds is 6. The van der Waals surface area contributed by atoms with E-state index in [1.165, 1.54) is 18.2 Å². The van der Waals surface area contributed by atoms with E-state index in [-0.39, 0.29) is 11.7 Å². The van der Waals surface area contributed by atoms with Gasteiger partial charge in [-0.2, -0.15) is 0 Å². The Labute approximate surface area is 104 Å². The van der Waals surface area contributed by atoms with Gasteiger partial charge in [-0.15, -0.1) is 13.2 Å². The number of ether oxygens (including phenoxy) is 2. The minimum absolute atomic E-state index is 0.230. The molecular weight excluding hydrogens is 247 g/mol. The predicted octanol–water partition coefficient (Wildman–Crippen LogP) is 3.28. The van der Waals surface area contributed by atoms with Gasteiger partial charge in [0.15, 0.2) is 0 Å². The predicted molar refractivity (Wildman–Crippen MR) is 62.7 cm³/mol. The highest BCUT2D eigenvalue weighted by atomic mass is 19.4. The minimum atomic E-state index is -4.66. The normalized spacial score (nSPS) is 13.2. The lowest BCUT2D eigenvalue weighted by Crippen LogP contribution is -2.18. The van der Waals surface area contributed by atoms with E-state index in [1.807, 2.05) is 6.92 Å². The van der Waals surface area contributed by atoms with Gasteiger partial charge >= 0.3 is 6.36 Å². The molecule has 0 fully saturated rings. The summed E-state index contributed by atoms with van der Waals surface area (Å²) in [4.78, 5) is 0. The Bertz CT molecular complexity index is 369. The maximum Gasteiger partial charge on any atom is 0.573 e. The van der Waals surface area contributed by atoms with Gasteiger partial charge < -0.3 is 14.8 Å². The van der Waals surface area contributed by atoms with E-state index < -0.39 is 6.36 Å². The summed E-state index contributed by atoms with van der Waals surface area (Å²) in [5, 5.41) is 3.03. The number of halogens is 3. The van der Waals surface area contributed by atoms with Crippen LogP contribution in [-0.4, -0.2) is 26.6 Å². The Hall–Kier alpha value is -1.43. The molecule has 0 saturated heterocycles. The number of nitrogens with one attached hydrogen (secondary N) is 1. The van der Waals surface area contributed by atoms with Crippen LogP contribution >= 0.6 is 0 Å². The summed E-state index contributed by atoms with van der Waals surface area (Å²) in [5.74, 6) is 0.0362. The average Bonchev–Trinajstić information content (AvgIpc) is 2.25. The van der Waals surface area contributed by atoms with Crippen LogP contribution in [0.1, 0.15) is 6.92 Å². The molecular formula is C12H16F3NO2. The van der Waals surface area contributed by atoms with E-state index in [0.29, 0.717) is 18.8 Å². The zero-order chi connectivity index (χ0) is 13.6. The van der Waals surface area contributed by atoms with Crippen LogP contribution in [0.3, 0.4) is 0 Å². The van der Waals surface area contributed by atoms with Gasteiger partial charge in [0.05, 0.1) is 6.61 Å². The third-order valence-electron chi connectivity index (χ3n) is 2.17. The summed E-state index contributed by atoms with van der Waals surface area (Å²) in [6, 6.07) is 5.76. The Balaban J connectivity index is 2.54. The standard InChI is InChI=1S/C12H16F3NO2/c1-9(8-17-2)7-16-10-4-3-5-11(6-10)18-12(13,14)15/h3-6,9,16H,7-8H2,1-2H3. The number of anilines is 1. The molecule has 1 rings (SSSR count). The molecule has 0 bridgehead atoms. The van der Waals surface area contributed by atoms with Crippen molar-refractivity contribution < 1.29 is 22.6 Å². The molecule has 0 spiro atoms. The molecule has 6 heteroatoms. The molecule has 0 aliphatic carbocycles. The summed E-state index contributed by atoms with van der Waals surface area (Å²) in [5.41, 5.74) is 0.583. The van der Waals surface area contributed by atoms with E-state index in [4.69, 9.17) is 4.74 Å². The van der Waals surface area contributed by atoms with Crippen molar-refractivity contribution in [2.75, 3.05) is 25.6 Å². The monoisotopic (exact) mass is 263 g/mol. The first-order valence-electron chi connectivity index (χ1n) is 5.49. The minimum Gasteiger partial charge on any atom is -0.406 e. The topological polar surface area (TPSA) is 30.5 Å². The van der Waals surface area contributed by atoms with Gasteiger partial charge in [-0.05, 0) is 18.1 Å². The van der Waals surface area contributed by atoms with E-state index in [2.05, 4.69) is 10.1 Å². The Morgan fingerprint density at radius 2 is 2.06 bits per heavy atom. The van der Waals surface area contributed by atoms with Crippen LogP contribution in [0.25, 0.3) is 0 Å². The largest absolute Gasteiger partial charge is 0.573 e. The van der Waals surface area contributed by atoms with Crippen molar-refractivity contribution in [3.05, 3.63) is 24.3 Å². The molecule has 0 aliphatic heterocycles. The molecule has 0 heterocycles. The van der Waals surface area contributed by atoms with Crippen LogP contribution in [0.15, 0.2) is 24.3 Å². The first kappa shape index (κ1) is 14.6. The van der Waals surface area contributed by atoms with E-state index >= 15 is 0 Å². The maximum absolute atomic E-state index is 12.0. The van der Waals surface area contributed by atoms with Crippen LogP contribution in [0.4, 0.5) is 18.9 Å². The van der Waals surface area contributed by atoms with Crippen molar-refractivity contribution in [2.24, 2.45) is 5.92 Å². The first-order chi connectivity index (χ1) is 8.40. The summed E-state index contributed by atoms with van der Waals surface area (Å²) < 4.78 is 44.9. The zero-order valence-corrected chi connectivity index (χ0v) is 10.3. The Kier molecular flexibility index (Phi) is 5.27. The number of benzene rings is 1. The molecule has 1 N–H and O–H groups in total. The molecule has 0 amide bonds. The summed E-state index contributed by atoms with van der Waals surface area (Å²) in [6.07, 6.45) is -4.66. The fourth-order valence-electron chi connectivity index (χ4n) is 1.44. The molecule has 102 valence electrons. The van der Waals surface area contributed by atoms with E-state index in [0.717, 1.165) is 0 Å². The summed E-state index contributed by atoms with van der Waals surface area (Å²) in [6.45, 7) is 3.18. The molecule has 0 aliphatic rings. The molecule has 0 radical (unpaired) electrons. The second-order valence-electron chi connectivity index (χ2n) is 4.02. The zero-order valence-electron chi connectivity index (χ0n) is 10.3. The molecule has 1 aromatic carbocycles. The van der Waals surface area contributed by atoms with E-state index in [1.54, 1.807) is 13.2 Å². The fraction of sp³-hybridized carbons (Fsp3) is 0.500. The SMILES string of the molecule is COCC(C)CNc1cccc(OC(F)(F)F)c1. The highest BCUT2D eigenvalue weighted by Crippen LogP contribution is 2.25. The van der Waals surface area contributed by atoms with Crippen LogP contribution in [0.2, 0.25) is 0 Å². The number of alkyl halides is 3. The molecule has 1 aromatic rings. The quantitative estimate of drug-likeness (QED) is 0.854. The Morgan fingerprint density at radius 1 is 1.33 bits per heavy atom. The second-order valence-corrected chi connectivity index (χ2v) is 4.02. The highest BCUT2D eigenvalue weighted by molar-refractivity contribution is 5.48. The van der Waals surface area contributed by atoms with Crippen molar-refractivity contribution in [3.8, 4) is 5.75 Å². The van der Waals surface area contributed by atoms with Gasteiger partial charge in [-0.1, -0.05) is 13.0 Å². The van der Waals surface area contributed by atoms with Crippen molar-refractivity contribution in [3.63, 3.8) is 0 Å². The fourth-order valence-corrected chi connectivity index (χ4v) is 1.44. The second kappa shape index (κ2) is 6.49. The van der Waals surface area contributed by atoms with Gasteiger partial charge in [0.1, 0.15) is 5.75 Å². The third kappa shape index (κ3) is 5.77. The van der Waals surface area contributed by atoms with Crippen molar-refractivity contribution in [1.82, 2.24) is 0 Å². The average molecular weight is 263 g/mol.